The van der Waals surface area contributed by atoms with Crippen molar-refractivity contribution >= 4 is 21.8 Å². The van der Waals surface area contributed by atoms with E-state index in [-0.39, 0.29) is 32.0 Å². The molecule has 36 heavy (non-hydrogen) atoms. The molecule has 0 radical (unpaired) electrons. The van der Waals surface area contributed by atoms with Gasteiger partial charge < -0.3 is 20.2 Å². The van der Waals surface area contributed by atoms with Crippen molar-refractivity contribution in [2.75, 3.05) is 39.8 Å². The highest BCUT2D eigenvalue weighted by atomic mass is 32.2. The quantitative estimate of drug-likeness (QED) is 0.363. The molecular formula is C23H39N7O5S. The van der Waals surface area contributed by atoms with Gasteiger partial charge in [0.25, 0.3) is 0 Å². The van der Waals surface area contributed by atoms with E-state index in [4.69, 9.17) is 0 Å². The predicted octanol–water partition coefficient (Wildman–Crippen LogP) is -0.556. The van der Waals surface area contributed by atoms with Crippen molar-refractivity contribution in [2.45, 2.75) is 75.8 Å². The molecule has 2 saturated heterocycles. The van der Waals surface area contributed by atoms with E-state index < -0.39 is 44.8 Å². The number of amides is 2. The van der Waals surface area contributed by atoms with Crippen LogP contribution in [0.1, 0.15) is 64.1 Å². The van der Waals surface area contributed by atoms with Crippen molar-refractivity contribution in [3.8, 4) is 0 Å². The Hall–Kier alpha value is -2.09. The number of nitrogens with zero attached hydrogens (tertiary/aromatic N) is 5. The maximum absolute atomic E-state index is 13.7. The molecule has 4 atom stereocenters. The van der Waals surface area contributed by atoms with Crippen molar-refractivity contribution in [2.24, 2.45) is 5.41 Å². The Morgan fingerprint density at radius 1 is 1.19 bits per heavy atom. The molecule has 2 amide bonds. The summed E-state index contributed by atoms with van der Waals surface area (Å²) in [5, 5.41) is 21.1. The maximum Gasteiger partial charge on any atom is 0.248 e. The Morgan fingerprint density at radius 3 is 2.53 bits per heavy atom. The van der Waals surface area contributed by atoms with Gasteiger partial charge >= 0.3 is 0 Å². The monoisotopic (exact) mass is 525 g/mol. The van der Waals surface area contributed by atoms with Gasteiger partial charge in [-0.05, 0) is 38.3 Å². The molecule has 1 aliphatic carbocycles. The van der Waals surface area contributed by atoms with Crippen LogP contribution in [0.2, 0.25) is 0 Å². The van der Waals surface area contributed by atoms with Crippen molar-refractivity contribution < 1.29 is 23.1 Å². The Balaban J connectivity index is 1.37. The number of rotatable bonds is 9. The third-order valence-electron chi connectivity index (χ3n) is 7.22. The van der Waals surface area contributed by atoms with Crippen LogP contribution in [0.4, 0.5) is 0 Å². The summed E-state index contributed by atoms with van der Waals surface area (Å²) in [6.45, 7) is 7.23. The molecule has 2 aliphatic heterocycles. The van der Waals surface area contributed by atoms with Gasteiger partial charge in [-0.1, -0.05) is 26.0 Å². The van der Waals surface area contributed by atoms with Crippen LogP contribution in [0.3, 0.4) is 0 Å². The van der Waals surface area contributed by atoms with E-state index in [2.05, 4.69) is 20.4 Å². The SMILES string of the molecule is CN1CCC(S(=O)(=O)NCCNC(=O)[C@@H]2C[C@@H](O)CN2C(=O)[C@@H](n2cc(C3CC3)nn2)C(C)(C)C)C1. The maximum atomic E-state index is 13.7. The normalized spacial score (nSPS) is 26.4. The van der Waals surface area contributed by atoms with Gasteiger partial charge in [-0.25, -0.2) is 17.8 Å². The molecule has 0 aromatic carbocycles. The second kappa shape index (κ2) is 10.3. The summed E-state index contributed by atoms with van der Waals surface area (Å²) < 4.78 is 29.1. The zero-order valence-electron chi connectivity index (χ0n) is 21.6. The van der Waals surface area contributed by atoms with Crippen molar-refractivity contribution in [1.82, 2.24) is 34.8 Å². The molecule has 3 N–H and O–H groups in total. The molecule has 4 rings (SSSR count). The Morgan fingerprint density at radius 2 is 1.92 bits per heavy atom. The molecule has 3 heterocycles. The molecule has 12 nitrogen and oxygen atoms in total. The van der Waals surface area contributed by atoms with E-state index in [1.165, 1.54) is 4.90 Å². The average Bonchev–Trinajstić information content (AvgIpc) is 3.16. The minimum absolute atomic E-state index is 0.0511. The van der Waals surface area contributed by atoms with Crippen molar-refractivity contribution in [3.63, 3.8) is 0 Å². The second-order valence-corrected chi connectivity index (χ2v) is 13.5. The fraction of sp³-hybridized carbons (Fsp3) is 0.826. The van der Waals surface area contributed by atoms with Gasteiger partial charge in [0.2, 0.25) is 21.8 Å². The number of sulfonamides is 1. The summed E-state index contributed by atoms with van der Waals surface area (Å²) in [7, 11) is -1.58. The molecule has 3 aliphatic rings. The first-order valence-electron chi connectivity index (χ1n) is 12.7. The molecule has 1 unspecified atom stereocenters. The molecule has 0 bridgehead atoms. The van der Waals surface area contributed by atoms with Gasteiger partial charge in [-0.3, -0.25) is 9.59 Å². The standard InChI is InChI=1S/C23H39N7O5S/c1-23(2,3)20(30-14-18(26-27-30)15-5-6-15)22(33)29-12-16(31)11-19(29)21(32)24-8-9-25-36(34,35)17-7-10-28(4)13-17/h14-17,19-20,25,31H,5-13H2,1-4H3,(H,24,32)/t16-,17?,19+,20-/m1/s1. The zero-order valence-corrected chi connectivity index (χ0v) is 22.4. The lowest BCUT2D eigenvalue weighted by molar-refractivity contribution is -0.144. The van der Waals surface area contributed by atoms with Crippen LogP contribution >= 0.6 is 0 Å². The Labute approximate surface area is 212 Å². The highest BCUT2D eigenvalue weighted by Crippen LogP contribution is 2.40. The van der Waals surface area contributed by atoms with Crippen LogP contribution in [0.25, 0.3) is 0 Å². The molecule has 13 heteroatoms. The van der Waals surface area contributed by atoms with Crippen LogP contribution in [0.5, 0.6) is 0 Å². The summed E-state index contributed by atoms with van der Waals surface area (Å²) >= 11 is 0. The molecule has 1 aromatic heterocycles. The summed E-state index contributed by atoms with van der Waals surface area (Å²) in [5.74, 6) is -0.310. The van der Waals surface area contributed by atoms with Crippen LogP contribution in [0.15, 0.2) is 6.20 Å². The molecule has 1 aromatic rings. The summed E-state index contributed by atoms with van der Waals surface area (Å²) in [6, 6.07) is -1.53. The van der Waals surface area contributed by atoms with Gasteiger partial charge in [-0.15, -0.1) is 5.10 Å². The number of β-amino-alcohol motifs (C(OH)–C–C–N with tert-alkyl or cyclic N) is 1. The second-order valence-electron chi connectivity index (χ2n) is 11.5. The van der Waals surface area contributed by atoms with Crippen LogP contribution in [-0.4, -0.2) is 107 Å². The zero-order chi connectivity index (χ0) is 26.3. The number of hydrogen-bond donors (Lipinski definition) is 3. The fourth-order valence-electron chi connectivity index (χ4n) is 5.09. The largest absolute Gasteiger partial charge is 0.391 e. The van der Waals surface area contributed by atoms with Gasteiger partial charge in [0.05, 0.1) is 17.0 Å². The molecule has 1 saturated carbocycles. The lowest BCUT2D eigenvalue weighted by Crippen LogP contribution is -2.51. The number of carbonyl (C=O) groups is 2. The average molecular weight is 526 g/mol. The highest BCUT2D eigenvalue weighted by molar-refractivity contribution is 7.90. The lowest BCUT2D eigenvalue weighted by atomic mass is 9.85. The van der Waals surface area contributed by atoms with E-state index in [9.17, 15) is 23.1 Å². The fourth-order valence-corrected chi connectivity index (χ4v) is 6.58. The smallest absolute Gasteiger partial charge is 0.248 e. The first-order chi connectivity index (χ1) is 16.9. The minimum atomic E-state index is -3.46. The number of aromatic nitrogens is 3. The van der Waals surface area contributed by atoms with Crippen LogP contribution < -0.4 is 10.0 Å². The molecule has 202 valence electrons. The van der Waals surface area contributed by atoms with Crippen molar-refractivity contribution in [1.29, 1.82) is 0 Å². The number of hydrogen-bond acceptors (Lipinski definition) is 8. The molecular weight excluding hydrogens is 486 g/mol. The summed E-state index contributed by atoms with van der Waals surface area (Å²) in [6.07, 6.45) is 3.85. The summed E-state index contributed by atoms with van der Waals surface area (Å²) in [5.41, 5.74) is 0.367. The first kappa shape index (κ1) is 27.0. The van der Waals surface area contributed by atoms with E-state index >= 15 is 0 Å². The topological polar surface area (TPSA) is 150 Å². The Kier molecular flexibility index (Phi) is 7.75. The Bertz CT molecular complexity index is 1070. The van der Waals surface area contributed by atoms with Crippen molar-refractivity contribution in [3.05, 3.63) is 11.9 Å². The third kappa shape index (κ3) is 6.06. The van der Waals surface area contributed by atoms with Crippen LogP contribution in [0, 0.1) is 5.41 Å². The van der Waals surface area contributed by atoms with Gasteiger partial charge in [-0.2, -0.15) is 0 Å². The number of aliphatic hydroxyl groups is 1. The van der Waals surface area contributed by atoms with Gasteiger partial charge in [0.15, 0.2) is 0 Å². The summed E-state index contributed by atoms with van der Waals surface area (Å²) in [4.78, 5) is 30.1. The number of nitrogens with one attached hydrogen (secondary N) is 2. The number of likely N-dealkylation sites (tertiary alicyclic amines) is 2. The lowest BCUT2D eigenvalue weighted by Gasteiger charge is -2.34. The first-order valence-corrected chi connectivity index (χ1v) is 14.3. The highest BCUT2D eigenvalue weighted by Gasteiger charge is 2.45. The minimum Gasteiger partial charge on any atom is -0.391 e. The van der Waals surface area contributed by atoms with Crippen LogP contribution in [-0.2, 0) is 19.6 Å². The third-order valence-corrected chi connectivity index (χ3v) is 9.09. The number of aliphatic hydroxyl groups excluding tert-OH is 1. The molecule has 3 fully saturated rings. The van der Waals surface area contributed by atoms with E-state index in [1.54, 1.807) is 4.68 Å². The van der Waals surface area contributed by atoms with E-state index in [0.29, 0.717) is 18.9 Å². The molecule has 0 spiro atoms. The van der Waals surface area contributed by atoms with E-state index in [1.807, 2.05) is 38.9 Å². The van der Waals surface area contributed by atoms with Gasteiger partial charge in [0.1, 0.15) is 12.1 Å². The number of carbonyl (C=O) groups excluding carboxylic acids is 2. The predicted molar refractivity (Wildman–Crippen MR) is 132 cm³/mol. The van der Waals surface area contributed by atoms with E-state index in [0.717, 1.165) is 25.1 Å². The van der Waals surface area contributed by atoms with Gasteiger partial charge in [0, 0.05) is 44.7 Å².